The van der Waals surface area contributed by atoms with Crippen molar-refractivity contribution >= 4 is 23.6 Å². The van der Waals surface area contributed by atoms with Crippen LogP contribution in [0.4, 0.5) is 5.88 Å². The summed E-state index contributed by atoms with van der Waals surface area (Å²) in [4.78, 5) is 16.8. The highest BCUT2D eigenvalue weighted by Gasteiger charge is 2.21. The second kappa shape index (κ2) is 8.26. The largest absolute Gasteiger partial charge is 0.376 e. The summed E-state index contributed by atoms with van der Waals surface area (Å²) >= 11 is 1.43. The number of amides is 1. The molecule has 1 N–H and O–H groups in total. The van der Waals surface area contributed by atoms with E-state index >= 15 is 0 Å². The lowest BCUT2D eigenvalue weighted by atomic mass is 10.1. The van der Waals surface area contributed by atoms with Crippen LogP contribution in [-0.4, -0.2) is 39.1 Å². The van der Waals surface area contributed by atoms with E-state index in [0.29, 0.717) is 5.88 Å². The molecule has 1 unspecified atom stereocenters. The first-order valence-electron chi connectivity index (χ1n) is 8.98. The van der Waals surface area contributed by atoms with Gasteiger partial charge < -0.3 is 13.8 Å². The van der Waals surface area contributed by atoms with Crippen molar-refractivity contribution in [3.05, 3.63) is 23.1 Å². The molecule has 2 aromatic heterocycles. The Balaban J connectivity index is 1.59. The number of rotatable bonds is 7. The Morgan fingerprint density at radius 2 is 2.27 bits per heavy atom. The first-order valence-corrected chi connectivity index (χ1v) is 9.97. The van der Waals surface area contributed by atoms with Crippen molar-refractivity contribution < 1.29 is 14.1 Å². The number of aromatic nitrogens is 3. The van der Waals surface area contributed by atoms with Crippen LogP contribution < -0.4 is 5.32 Å². The summed E-state index contributed by atoms with van der Waals surface area (Å²) in [5.74, 6) is 0.770. The van der Waals surface area contributed by atoms with E-state index in [1.54, 1.807) is 6.07 Å². The third-order valence-electron chi connectivity index (χ3n) is 4.55. The van der Waals surface area contributed by atoms with Gasteiger partial charge in [0.15, 0.2) is 5.16 Å². The van der Waals surface area contributed by atoms with Gasteiger partial charge in [0.1, 0.15) is 0 Å². The highest BCUT2D eigenvalue weighted by Crippen LogP contribution is 2.25. The molecule has 1 aliphatic rings. The maximum Gasteiger partial charge on any atom is 0.237 e. The molecule has 1 atom stereocenters. The van der Waals surface area contributed by atoms with Crippen LogP contribution in [0.25, 0.3) is 0 Å². The number of hydrogen-bond donors (Lipinski definition) is 1. The molecule has 142 valence electrons. The summed E-state index contributed by atoms with van der Waals surface area (Å²) in [6, 6.07) is 1.76. The summed E-state index contributed by atoms with van der Waals surface area (Å²) in [5, 5.41) is 7.55. The minimum atomic E-state index is -0.136. The highest BCUT2D eigenvalue weighted by atomic mass is 32.2. The Morgan fingerprint density at radius 3 is 2.92 bits per heavy atom. The molecule has 0 aromatic carbocycles. The molecule has 3 rings (SSSR count). The number of aryl methyl sites for hydroxylation is 1. The van der Waals surface area contributed by atoms with Crippen molar-refractivity contribution in [3.63, 3.8) is 0 Å². The minimum Gasteiger partial charge on any atom is -0.376 e. The molecule has 26 heavy (non-hydrogen) atoms. The fraction of sp³-hybridized carbons (Fsp3) is 0.611. The number of ether oxygens (including phenoxy) is 1. The van der Waals surface area contributed by atoms with Gasteiger partial charge in [-0.05, 0) is 32.6 Å². The average Bonchev–Trinajstić information content (AvgIpc) is 3.31. The van der Waals surface area contributed by atoms with E-state index in [0.717, 1.165) is 48.2 Å². The lowest BCUT2D eigenvalue weighted by Gasteiger charge is -2.14. The van der Waals surface area contributed by atoms with Gasteiger partial charge in [0, 0.05) is 18.4 Å². The second-order valence-electron chi connectivity index (χ2n) is 6.92. The van der Waals surface area contributed by atoms with Crippen molar-refractivity contribution in [2.45, 2.75) is 64.3 Å². The summed E-state index contributed by atoms with van der Waals surface area (Å²) < 4.78 is 13.1. The zero-order valence-corrected chi connectivity index (χ0v) is 16.6. The zero-order chi connectivity index (χ0) is 18.7. The van der Waals surface area contributed by atoms with Crippen molar-refractivity contribution in [2.24, 2.45) is 0 Å². The molecule has 0 spiro atoms. The summed E-state index contributed by atoms with van der Waals surface area (Å²) in [6.07, 6.45) is 2.42. The summed E-state index contributed by atoms with van der Waals surface area (Å²) in [6.45, 7) is 9.72. The zero-order valence-electron chi connectivity index (χ0n) is 15.7. The number of carbonyl (C=O) groups excluding carboxylic acids is 1. The molecule has 1 saturated heterocycles. The number of imidazole rings is 1. The average molecular weight is 378 g/mol. The molecule has 8 heteroatoms. The van der Waals surface area contributed by atoms with Crippen molar-refractivity contribution in [3.8, 4) is 0 Å². The SMILES string of the molecule is Cc1nc(SCC(=O)Nc2cc(C(C)C)no2)n(CC2CCCO2)c1C. The van der Waals surface area contributed by atoms with Gasteiger partial charge in [-0.3, -0.25) is 10.1 Å². The number of nitrogens with one attached hydrogen (secondary N) is 1. The van der Waals surface area contributed by atoms with Crippen LogP contribution in [0.3, 0.4) is 0 Å². The molecule has 0 radical (unpaired) electrons. The normalized spacial score (nSPS) is 17.2. The minimum absolute atomic E-state index is 0.136. The van der Waals surface area contributed by atoms with E-state index in [-0.39, 0.29) is 23.7 Å². The van der Waals surface area contributed by atoms with Crippen LogP contribution in [0.2, 0.25) is 0 Å². The van der Waals surface area contributed by atoms with E-state index in [2.05, 4.69) is 26.9 Å². The maximum atomic E-state index is 12.2. The predicted molar refractivity (Wildman–Crippen MR) is 101 cm³/mol. The number of thioether (sulfide) groups is 1. The van der Waals surface area contributed by atoms with E-state index in [1.807, 2.05) is 20.8 Å². The van der Waals surface area contributed by atoms with E-state index in [1.165, 1.54) is 11.8 Å². The molecule has 1 aliphatic heterocycles. The van der Waals surface area contributed by atoms with E-state index in [9.17, 15) is 4.79 Å². The Labute approximate surface area is 157 Å². The molecular formula is C18H26N4O3S. The van der Waals surface area contributed by atoms with Crippen LogP contribution in [0.15, 0.2) is 15.7 Å². The number of anilines is 1. The van der Waals surface area contributed by atoms with E-state index in [4.69, 9.17) is 9.26 Å². The molecule has 0 saturated carbocycles. The highest BCUT2D eigenvalue weighted by molar-refractivity contribution is 7.99. The van der Waals surface area contributed by atoms with Crippen LogP contribution >= 0.6 is 11.8 Å². The van der Waals surface area contributed by atoms with Gasteiger partial charge in [0.25, 0.3) is 0 Å². The fourth-order valence-electron chi connectivity index (χ4n) is 2.86. The third-order valence-corrected chi connectivity index (χ3v) is 5.52. The Morgan fingerprint density at radius 1 is 1.46 bits per heavy atom. The van der Waals surface area contributed by atoms with E-state index < -0.39 is 0 Å². The monoisotopic (exact) mass is 378 g/mol. The number of nitrogens with zero attached hydrogens (tertiary/aromatic N) is 3. The standard InChI is InChI=1S/C18H26N4O3S/c1-11(2)15-8-17(25-21-15)20-16(23)10-26-18-19-12(3)13(4)22(18)9-14-6-5-7-24-14/h8,11,14H,5-7,9-10H2,1-4H3,(H,20,23). The van der Waals surface area contributed by atoms with Gasteiger partial charge in [-0.15, -0.1) is 0 Å². The van der Waals surface area contributed by atoms with Crippen molar-refractivity contribution in [1.29, 1.82) is 0 Å². The lowest BCUT2D eigenvalue weighted by molar-refractivity contribution is -0.113. The first-order chi connectivity index (χ1) is 12.4. The number of carbonyl (C=O) groups is 1. The van der Waals surface area contributed by atoms with Gasteiger partial charge in [-0.2, -0.15) is 0 Å². The lowest BCUT2D eigenvalue weighted by Crippen LogP contribution is -2.18. The van der Waals surface area contributed by atoms with Crippen molar-refractivity contribution in [2.75, 3.05) is 17.7 Å². The van der Waals surface area contributed by atoms with Gasteiger partial charge in [0.05, 0.1) is 29.8 Å². The second-order valence-corrected chi connectivity index (χ2v) is 7.86. The fourth-order valence-corrected chi connectivity index (χ4v) is 3.77. The Kier molecular flexibility index (Phi) is 6.03. The molecule has 0 bridgehead atoms. The van der Waals surface area contributed by atoms with Crippen LogP contribution in [-0.2, 0) is 16.1 Å². The topological polar surface area (TPSA) is 82.2 Å². The molecule has 0 aliphatic carbocycles. The van der Waals surface area contributed by atoms with Crippen molar-refractivity contribution in [1.82, 2.24) is 14.7 Å². The number of hydrogen-bond acceptors (Lipinski definition) is 6. The molecule has 3 heterocycles. The summed E-state index contributed by atoms with van der Waals surface area (Å²) in [5.41, 5.74) is 2.94. The maximum absolute atomic E-state index is 12.2. The molecule has 7 nitrogen and oxygen atoms in total. The third kappa shape index (κ3) is 4.48. The van der Waals surface area contributed by atoms with Gasteiger partial charge in [0.2, 0.25) is 11.8 Å². The smallest absolute Gasteiger partial charge is 0.237 e. The quantitative estimate of drug-likeness (QED) is 0.742. The van der Waals surface area contributed by atoms with Crippen LogP contribution in [0.5, 0.6) is 0 Å². The Bertz CT molecular complexity index is 763. The molecular weight excluding hydrogens is 352 g/mol. The Hall–Kier alpha value is -1.80. The van der Waals surface area contributed by atoms with Crippen LogP contribution in [0, 0.1) is 13.8 Å². The first kappa shape index (κ1) is 19.0. The molecule has 2 aromatic rings. The van der Waals surface area contributed by atoms with Gasteiger partial charge >= 0.3 is 0 Å². The molecule has 1 amide bonds. The summed E-state index contributed by atoms with van der Waals surface area (Å²) in [7, 11) is 0. The van der Waals surface area contributed by atoms with Gasteiger partial charge in [-0.1, -0.05) is 30.8 Å². The van der Waals surface area contributed by atoms with Gasteiger partial charge in [-0.25, -0.2) is 4.98 Å². The van der Waals surface area contributed by atoms with Crippen LogP contribution in [0.1, 0.15) is 49.7 Å². The predicted octanol–water partition coefficient (Wildman–Crippen LogP) is 3.52. The molecule has 1 fully saturated rings.